The number of rotatable bonds is 6. The van der Waals surface area contributed by atoms with Gasteiger partial charge in [0.1, 0.15) is 0 Å². The maximum atomic E-state index is 12.4. The third-order valence-electron chi connectivity index (χ3n) is 1.51. The second kappa shape index (κ2) is 6.94. The summed E-state index contributed by atoms with van der Waals surface area (Å²) < 4.78 is 12.4. The minimum atomic E-state index is -0.664. The second-order valence-corrected chi connectivity index (χ2v) is 2.59. The first-order valence-electron chi connectivity index (χ1n) is 4.23. The first-order valence-corrected chi connectivity index (χ1v) is 4.23. The van der Waals surface area contributed by atoms with E-state index in [2.05, 4.69) is 16.7 Å². The molecule has 0 saturated heterocycles. The maximum Gasteiger partial charge on any atom is 0.223 e. The van der Waals surface area contributed by atoms with Crippen LogP contribution in [0.5, 0.6) is 0 Å². The average Bonchev–Trinajstić information content (AvgIpc) is 2.15. The van der Waals surface area contributed by atoms with Gasteiger partial charge in [-0.05, 0) is 19.2 Å². The van der Waals surface area contributed by atoms with E-state index in [4.69, 9.17) is 5.73 Å². The maximum absolute atomic E-state index is 12.4. The van der Waals surface area contributed by atoms with E-state index < -0.39 is 11.9 Å². The standard InChI is InChI=1S/C9H14FN3O/c1-3-7(6-9(11)14)13-5-4-8(10)12-2/h4H,2-3,5-6H2,1H3,(H2,11,14). The summed E-state index contributed by atoms with van der Waals surface area (Å²) in [6, 6.07) is 0. The van der Waals surface area contributed by atoms with Gasteiger partial charge in [-0.3, -0.25) is 9.79 Å². The summed E-state index contributed by atoms with van der Waals surface area (Å²) in [5, 5.41) is 0. The molecule has 0 aromatic heterocycles. The molecule has 2 N–H and O–H groups in total. The van der Waals surface area contributed by atoms with Crippen molar-refractivity contribution in [2.75, 3.05) is 6.54 Å². The van der Waals surface area contributed by atoms with Gasteiger partial charge in [-0.25, -0.2) is 4.99 Å². The zero-order chi connectivity index (χ0) is 11.0. The second-order valence-electron chi connectivity index (χ2n) is 2.59. The Hall–Kier alpha value is -1.52. The highest BCUT2D eigenvalue weighted by atomic mass is 19.1. The zero-order valence-electron chi connectivity index (χ0n) is 8.16. The lowest BCUT2D eigenvalue weighted by atomic mass is 10.2. The van der Waals surface area contributed by atoms with Crippen LogP contribution in [0.4, 0.5) is 4.39 Å². The van der Waals surface area contributed by atoms with Crippen molar-refractivity contribution in [3.8, 4) is 0 Å². The van der Waals surface area contributed by atoms with Crippen LogP contribution in [0.15, 0.2) is 22.0 Å². The summed E-state index contributed by atoms with van der Waals surface area (Å²) in [7, 11) is 0. The lowest BCUT2D eigenvalue weighted by Gasteiger charge is -1.98. The highest BCUT2D eigenvalue weighted by Crippen LogP contribution is 1.97. The number of hydrogen-bond acceptors (Lipinski definition) is 3. The topological polar surface area (TPSA) is 67.8 Å². The zero-order valence-corrected chi connectivity index (χ0v) is 8.16. The van der Waals surface area contributed by atoms with Crippen molar-refractivity contribution in [2.24, 2.45) is 15.7 Å². The summed E-state index contributed by atoms with van der Waals surface area (Å²) in [6.45, 7) is 5.02. The van der Waals surface area contributed by atoms with Crippen LogP contribution in [0.2, 0.25) is 0 Å². The molecular formula is C9H14FN3O. The van der Waals surface area contributed by atoms with Gasteiger partial charge in [0.05, 0.1) is 13.0 Å². The van der Waals surface area contributed by atoms with Crippen molar-refractivity contribution in [2.45, 2.75) is 19.8 Å². The van der Waals surface area contributed by atoms with Crippen LogP contribution in [0.25, 0.3) is 0 Å². The molecule has 1 amide bonds. The van der Waals surface area contributed by atoms with Gasteiger partial charge in [0, 0.05) is 5.71 Å². The molecule has 0 aromatic rings. The molecule has 0 aliphatic rings. The largest absolute Gasteiger partial charge is 0.369 e. The smallest absolute Gasteiger partial charge is 0.223 e. The number of amides is 1. The molecule has 0 fully saturated rings. The minimum Gasteiger partial charge on any atom is -0.369 e. The number of halogens is 1. The molecule has 0 bridgehead atoms. The third-order valence-corrected chi connectivity index (χ3v) is 1.51. The van der Waals surface area contributed by atoms with Crippen molar-refractivity contribution in [1.29, 1.82) is 0 Å². The van der Waals surface area contributed by atoms with E-state index in [1.54, 1.807) is 0 Å². The minimum absolute atomic E-state index is 0.119. The summed E-state index contributed by atoms with van der Waals surface area (Å²) in [5.74, 6) is -1.10. The van der Waals surface area contributed by atoms with Crippen LogP contribution in [-0.2, 0) is 4.79 Å². The van der Waals surface area contributed by atoms with Gasteiger partial charge in [0.15, 0.2) is 0 Å². The van der Waals surface area contributed by atoms with Crippen molar-refractivity contribution < 1.29 is 9.18 Å². The van der Waals surface area contributed by atoms with Crippen molar-refractivity contribution in [3.05, 3.63) is 12.0 Å². The Bertz CT molecular complexity index is 271. The fourth-order valence-electron chi connectivity index (χ4n) is 0.808. The van der Waals surface area contributed by atoms with Gasteiger partial charge in [-0.2, -0.15) is 4.39 Å². The lowest BCUT2D eigenvalue weighted by Crippen LogP contribution is -2.15. The number of carbonyl (C=O) groups is 1. The Morgan fingerprint density at radius 2 is 2.29 bits per heavy atom. The molecule has 0 radical (unpaired) electrons. The molecule has 78 valence electrons. The Morgan fingerprint density at radius 1 is 1.64 bits per heavy atom. The molecule has 4 nitrogen and oxygen atoms in total. The van der Waals surface area contributed by atoms with E-state index in [1.165, 1.54) is 6.08 Å². The monoisotopic (exact) mass is 199 g/mol. The Morgan fingerprint density at radius 3 is 2.71 bits per heavy atom. The van der Waals surface area contributed by atoms with Crippen LogP contribution in [0, 0.1) is 0 Å². The fraction of sp³-hybridized carbons (Fsp3) is 0.444. The molecule has 0 heterocycles. The van der Waals surface area contributed by atoms with Crippen molar-refractivity contribution in [1.82, 2.24) is 0 Å². The number of nitrogens with zero attached hydrogens (tertiary/aromatic N) is 2. The van der Waals surface area contributed by atoms with Crippen LogP contribution < -0.4 is 5.73 Å². The van der Waals surface area contributed by atoms with E-state index in [-0.39, 0.29) is 13.0 Å². The van der Waals surface area contributed by atoms with Crippen LogP contribution in [0.1, 0.15) is 19.8 Å². The predicted molar refractivity (Wildman–Crippen MR) is 55.1 cm³/mol. The van der Waals surface area contributed by atoms with E-state index in [9.17, 15) is 9.18 Å². The van der Waals surface area contributed by atoms with Gasteiger partial charge in [-0.15, -0.1) is 0 Å². The first kappa shape index (κ1) is 12.5. The summed E-state index contributed by atoms with van der Waals surface area (Å²) >= 11 is 0. The third kappa shape index (κ3) is 6.05. The van der Waals surface area contributed by atoms with Crippen LogP contribution in [0.3, 0.4) is 0 Å². The Labute approximate surface area is 82.4 Å². The summed E-state index contributed by atoms with van der Waals surface area (Å²) in [4.78, 5) is 17.6. The molecule has 0 rings (SSSR count). The highest BCUT2D eigenvalue weighted by Gasteiger charge is 2.00. The van der Waals surface area contributed by atoms with Gasteiger partial charge >= 0.3 is 0 Å². The summed E-state index contributed by atoms with van der Waals surface area (Å²) in [5.41, 5.74) is 5.65. The number of carbonyl (C=O) groups excluding carboxylic acids is 1. The highest BCUT2D eigenvalue weighted by molar-refractivity contribution is 6.00. The molecule has 0 saturated carbocycles. The van der Waals surface area contributed by atoms with E-state index in [1.807, 2.05) is 6.92 Å². The number of hydrogen-bond donors (Lipinski definition) is 1. The van der Waals surface area contributed by atoms with Crippen LogP contribution >= 0.6 is 0 Å². The van der Waals surface area contributed by atoms with Gasteiger partial charge < -0.3 is 5.73 Å². The molecule has 5 heteroatoms. The predicted octanol–water partition coefficient (Wildman–Crippen LogP) is 1.22. The Balaban J connectivity index is 4.18. The van der Waals surface area contributed by atoms with E-state index in [0.717, 1.165) is 0 Å². The Kier molecular flexibility index (Phi) is 6.19. The molecule has 0 atom stereocenters. The van der Waals surface area contributed by atoms with E-state index in [0.29, 0.717) is 12.1 Å². The quantitative estimate of drug-likeness (QED) is 0.507. The van der Waals surface area contributed by atoms with Crippen molar-refractivity contribution >= 4 is 18.3 Å². The van der Waals surface area contributed by atoms with Crippen LogP contribution in [-0.4, -0.2) is 24.9 Å². The molecule has 0 aliphatic heterocycles. The lowest BCUT2D eigenvalue weighted by molar-refractivity contribution is -0.116. The van der Waals surface area contributed by atoms with Gasteiger partial charge in [-0.1, -0.05) is 6.92 Å². The molecule has 14 heavy (non-hydrogen) atoms. The molecule has 0 aromatic carbocycles. The van der Waals surface area contributed by atoms with Gasteiger partial charge in [0.2, 0.25) is 11.9 Å². The van der Waals surface area contributed by atoms with E-state index >= 15 is 0 Å². The molecular weight excluding hydrogens is 185 g/mol. The molecule has 0 aliphatic carbocycles. The van der Waals surface area contributed by atoms with Crippen molar-refractivity contribution in [3.63, 3.8) is 0 Å². The summed E-state index contributed by atoms with van der Waals surface area (Å²) in [6.07, 6.45) is 1.93. The molecule has 0 unspecified atom stereocenters. The number of aliphatic imine (C=N–C) groups is 2. The fourth-order valence-corrected chi connectivity index (χ4v) is 0.808. The number of primary amides is 1. The van der Waals surface area contributed by atoms with Gasteiger partial charge in [0.25, 0.3) is 0 Å². The SMILES string of the molecule is C=NC(F)=CCN=C(CC)CC(N)=O. The average molecular weight is 199 g/mol. The first-order chi connectivity index (χ1) is 6.60. The molecule has 0 spiro atoms. The number of nitrogens with two attached hydrogens (primary N) is 1. The normalized spacial score (nSPS) is 12.7.